The minimum absolute atomic E-state index is 0. The predicted octanol–water partition coefficient (Wildman–Crippen LogP) is 2.96. The highest BCUT2D eigenvalue weighted by Gasteiger charge is 2.20. The minimum Gasteiger partial charge on any atom is -0.493 e. The molecule has 0 aromatic heterocycles. The van der Waals surface area contributed by atoms with E-state index in [2.05, 4.69) is 31.8 Å². The molecule has 2 heterocycles. The van der Waals surface area contributed by atoms with Crippen LogP contribution in [0.5, 0.6) is 11.5 Å². The zero-order valence-corrected chi connectivity index (χ0v) is 21.6. The fraction of sp³-hybridized carbons (Fsp3) is 0.458. The number of methoxy groups -OCH3 is 2. The number of fused-ring (bicyclic) bond motifs is 1. The molecular weight excluding hydrogens is 536 g/mol. The van der Waals surface area contributed by atoms with Gasteiger partial charge in [-0.1, -0.05) is 0 Å². The largest absolute Gasteiger partial charge is 0.493 e. The number of nitrogens with two attached hydrogens (primary N) is 1. The summed E-state index contributed by atoms with van der Waals surface area (Å²) in [6.07, 6.45) is 0.986. The van der Waals surface area contributed by atoms with Crippen molar-refractivity contribution in [2.45, 2.75) is 13.0 Å². The zero-order chi connectivity index (χ0) is 22.5. The summed E-state index contributed by atoms with van der Waals surface area (Å²) in [4.78, 5) is 11.4. The van der Waals surface area contributed by atoms with Crippen LogP contribution >= 0.6 is 24.0 Å². The summed E-state index contributed by atoms with van der Waals surface area (Å²) in [5, 5.41) is 0. The molecule has 2 N–H and O–H groups in total. The molecule has 4 rings (SSSR count). The van der Waals surface area contributed by atoms with Crippen molar-refractivity contribution in [3.8, 4) is 11.5 Å². The van der Waals surface area contributed by atoms with Crippen molar-refractivity contribution >= 4 is 35.6 Å². The maximum absolute atomic E-state index is 13.1. The molecule has 0 saturated carbocycles. The van der Waals surface area contributed by atoms with Crippen LogP contribution in [0.3, 0.4) is 0 Å². The summed E-state index contributed by atoms with van der Waals surface area (Å²) < 4.78 is 24.0. The lowest BCUT2D eigenvalue weighted by Gasteiger charge is -2.36. The minimum atomic E-state index is -0.208. The number of benzene rings is 2. The van der Waals surface area contributed by atoms with Gasteiger partial charge in [-0.2, -0.15) is 0 Å². The summed E-state index contributed by atoms with van der Waals surface area (Å²) in [5.41, 5.74) is 9.92. The molecule has 0 radical (unpaired) electrons. The van der Waals surface area contributed by atoms with Gasteiger partial charge in [0.05, 0.1) is 20.8 Å². The summed E-state index contributed by atoms with van der Waals surface area (Å²) in [5.74, 6) is 1.96. The van der Waals surface area contributed by atoms with Crippen LogP contribution < -0.4 is 20.1 Å². The van der Waals surface area contributed by atoms with E-state index >= 15 is 0 Å². The van der Waals surface area contributed by atoms with Crippen molar-refractivity contribution in [2.24, 2.45) is 10.7 Å². The molecule has 2 aromatic rings. The Morgan fingerprint density at radius 3 is 2.24 bits per heavy atom. The van der Waals surface area contributed by atoms with Crippen molar-refractivity contribution < 1.29 is 13.9 Å². The second-order valence-corrected chi connectivity index (χ2v) is 8.19. The van der Waals surface area contributed by atoms with Gasteiger partial charge in [-0.05, 0) is 53.9 Å². The van der Waals surface area contributed by atoms with Crippen LogP contribution in [0.1, 0.15) is 11.1 Å². The second-order valence-electron chi connectivity index (χ2n) is 8.19. The molecule has 0 amide bonds. The van der Waals surface area contributed by atoms with Crippen LogP contribution in [0.15, 0.2) is 41.4 Å². The third-order valence-electron chi connectivity index (χ3n) is 6.28. The van der Waals surface area contributed by atoms with Crippen molar-refractivity contribution in [3.05, 3.63) is 53.3 Å². The van der Waals surface area contributed by atoms with E-state index in [1.807, 2.05) is 12.1 Å². The fourth-order valence-corrected chi connectivity index (χ4v) is 4.38. The molecule has 1 fully saturated rings. The van der Waals surface area contributed by atoms with Crippen LogP contribution in [0, 0.1) is 5.82 Å². The molecule has 2 aliphatic heterocycles. The highest BCUT2D eigenvalue weighted by Crippen LogP contribution is 2.33. The molecule has 1 saturated heterocycles. The molecule has 0 aliphatic carbocycles. The molecule has 7 nitrogen and oxygen atoms in total. The van der Waals surface area contributed by atoms with E-state index in [4.69, 9.17) is 15.2 Å². The van der Waals surface area contributed by atoms with Crippen molar-refractivity contribution in [1.29, 1.82) is 0 Å². The first-order valence-electron chi connectivity index (χ1n) is 11.1. The van der Waals surface area contributed by atoms with E-state index in [1.54, 1.807) is 14.2 Å². The predicted molar refractivity (Wildman–Crippen MR) is 141 cm³/mol. The average molecular weight is 569 g/mol. The first-order valence-corrected chi connectivity index (χ1v) is 11.1. The zero-order valence-electron chi connectivity index (χ0n) is 19.3. The van der Waals surface area contributed by atoms with Crippen molar-refractivity contribution in [2.75, 3.05) is 64.9 Å². The highest BCUT2D eigenvalue weighted by atomic mass is 127. The van der Waals surface area contributed by atoms with E-state index in [-0.39, 0.29) is 29.8 Å². The third-order valence-corrected chi connectivity index (χ3v) is 6.28. The Morgan fingerprint density at radius 2 is 1.61 bits per heavy atom. The normalized spacial score (nSPS) is 16.8. The highest BCUT2D eigenvalue weighted by molar-refractivity contribution is 14.0. The number of rotatable bonds is 6. The molecule has 180 valence electrons. The van der Waals surface area contributed by atoms with Crippen LogP contribution in [0.25, 0.3) is 0 Å². The Morgan fingerprint density at radius 1 is 0.970 bits per heavy atom. The van der Waals surface area contributed by atoms with E-state index < -0.39 is 0 Å². The fourth-order valence-electron chi connectivity index (χ4n) is 4.38. The van der Waals surface area contributed by atoms with Gasteiger partial charge in [-0.25, -0.2) is 4.39 Å². The van der Waals surface area contributed by atoms with Gasteiger partial charge in [0.15, 0.2) is 17.5 Å². The van der Waals surface area contributed by atoms with Crippen LogP contribution in [-0.2, 0) is 13.0 Å². The van der Waals surface area contributed by atoms with E-state index in [1.165, 1.54) is 23.3 Å². The molecule has 0 bridgehead atoms. The molecular formula is C24H33FIN5O2. The Bertz CT molecular complexity index is 949. The third kappa shape index (κ3) is 6.20. The van der Waals surface area contributed by atoms with Crippen LogP contribution in [-0.4, -0.2) is 75.8 Å². The number of guanidine groups is 1. The summed E-state index contributed by atoms with van der Waals surface area (Å²) in [6, 6.07) is 10.8. The smallest absolute Gasteiger partial charge is 0.191 e. The molecule has 0 unspecified atom stereocenters. The lowest BCUT2D eigenvalue weighted by molar-refractivity contribution is 0.259. The molecule has 2 aliphatic rings. The van der Waals surface area contributed by atoms with Gasteiger partial charge >= 0.3 is 0 Å². The van der Waals surface area contributed by atoms with Crippen molar-refractivity contribution in [3.63, 3.8) is 0 Å². The average Bonchev–Trinajstić information content (AvgIpc) is 2.83. The molecule has 33 heavy (non-hydrogen) atoms. The monoisotopic (exact) mass is 569 g/mol. The van der Waals surface area contributed by atoms with E-state index in [9.17, 15) is 4.39 Å². The number of nitrogens with zero attached hydrogens (tertiary/aromatic N) is 4. The Labute approximate surface area is 212 Å². The van der Waals surface area contributed by atoms with Gasteiger partial charge in [0, 0.05) is 51.5 Å². The number of aliphatic imine (C=N–C) groups is 1. The molecule has 0 atom stereocenters. The Kier molecular flexibility index (Phi) is 9.02. The van der Waals surface area contributed by atoms with Gasteiger partial charge in [-0.3, -0.25) is 9.89 Å². The Balaban J connectivity index is 0.00000306. The summed E-state index contributed by atoms with van der Waals surface area (Å²) in [7, 11) is 3.34. The van der Waals surface area contributed by atoms with Crippen LogP contribution in [0.4, 0.5) is 10.1 Å². The second kappa shape index (κ2) is 11.7. The van der Waals surface area contributed by atoms with Gasteiger partial charge in [0.2, 0.25) is 0 Å². The maximum Gasteiger partial charge on any atom is 0.191 e. The van der Waals surface area contributed by atoms with Gasteiger partial charge < -0.3 is 25.0 Å². The van der Waals surface area contributed by atoms with Crippen LogP contribution in [0.2, 0.25) is 0 Å². The van der Waals surface area contributed by atoms with E-state index in [0.29, 0.717) is 12.5 Å². The SMILES string of the molecule is COc1cc2c(cc1OC)CN(CCN=C(N)N1CCN(c3ccc(F)cc3)CC1)CC2.I. The number of hydrogen-bond donors (Lipinski definition) is 1. The lowest BCUT2D eigenvalue weighted by Crippen LogP contribution is -2.51. The number of anilines is 1. The summed E-state index contributed by atoms with van der Waals surface area (Å²) in [6.45, 7) is 6.72. The number of halogens is 2. The molecule has 9 heteroatoms. The summed E-state index contributed by atoms with van der Waals surface area (Å²) >= 11 is 0. The van der Waals surface area contributed by atoms with Gasteiger partial charge in [0.25, 0.3) is 0 Å². The standard InChI is InChI=1S/C24H32FN5O2.HI/c1-31-22-15-18-7-9-28(17-19(18)16-23(22)32-2)10-8-27-24(26)30-13-11-29(12-14-30)21-5-3-20(25)4-6-21;/h3-6,15-16H,7-14,17H2,1-2H3,(H2,26,27);1H. The van der Waals surface area contributed by atoms with E-state index in [0.717, 1.165) is 69.4 Å². The number of hydrogen-bond acceptors (Lipinski definition) is 5. The Hall–Kier alpha value is -2.27. The van der Waals surface area contributed by atoms with Crippen molar-refractivity contribution in [1.82, 2.24) is 9.80 Å². The number of piperazine rings is 1. The molecule has 0 spiro atoms. The van der Waals surface area contributed by atoms with Gasteiger partial charge in [0.1, 0.15) is 5.82 Å². The topological polar surface area (TPSA) is 66.6 Å². The van der Waals surface area contributed by atoms with Gasteiger partial charge in [-0.15, -0.1) is 24.0 Å². The molecule has 2 aromatic carbocycles. The quantitative estimate of drug-likeness (QED) is 0.328. The first kappa shape index (κ1) is 25.4. The maximum atomic E-state index is 13.1. The lowest BCUT2D eigenvalue weighted by atomic mass is 9.99. The number of ether oxygens (including phenoxy) is 2. The first-order chi connectivity index (χ1) is 15.6.